The lowest BCUT2D eigenvalue weighted by atomic mass is 10.0. The van der Waals surface area contributed by atoms with Crippen molar-refractivity contribution in [3.05, 3.63) is 53.8 Å². The van der Waals surface area contributed by atoms with Gasteiger partial charge in [0.1, 0.15) is 17.1 Å². The van der Waals surface area contributed by atoms with Crippen LogP contribution < -0.4 is 15.6 Å². The van der Waals surface area contributed by atoms with Crippen molar-refractivity contribution in [3.63, 3.8) is 0 Å². The van der Waals surface area contributed by atoms with Crippen LogP contribution in [0.25, 0.3) is 0 Å². The number of nitrogens with two attached hydrogens (primary N) is 1. The van der Waals surface area contributed by atoms with Gasteiger partial charge in [-0.25, -0.2) is 13.8 Å². The highest BCUT2D eigenvalue weighted by Crippen LogP contribution is 2.40. The minimum Gasteiger partial charge on any atom is -0.477 e. The quantitative estimate of drug-likeness (QED) is 0.0875. The minimum absolute atomic E-state index is 0.0147. The van der Waals surface area contributed by atoms with Crippen molar-refractivity contribution >= 4 is 62.0 Å². The minimum atomic E-state index is -4.39. The van der Waals surface area contributed by atoms with Gasteiger partial charge in [-0.05, 0) is 17.7 Å². The highest BCUT2D eigenvalue weighted by molar-refractivity contribution is 8.00. The number of fused-ring (bicyclic) bond motifs is 1. The molecule has 2 aromatic rings. The normalized spacial score (nSPS) is 19.6. The summed E-state index contributed by atoms with van der Waals surface area (Å²) in [7, 11) is -4.39. The number of halogens is 1. The summed E-state index contributed by atoms with van der Waals surface area (Å²) >= 11 is 1.96. The number of hydrogen-bond acceptors (Lipinski definition) is 12. The Hall–Kier alpha value is -3.94. The number of β-lactam (4-membered cyclic amide) rings is 1. The Labute approximate surface area is 227 Å². The Morgan fingerprint density at radius 1 is 1.44 bits per heavy atom. The number of carbonyl (C=O) groups is 3. The summed E-state index contributed by atoms with van der Waals surface area (Å²) in [5, 5.41) is 14.9. The molecule has 0 radical (unpaired) electrons. The molecule has 0 aromatic carbocycles. The molecule has 2 atom stereocenters. The van der Waals surface area contributed by atoms with E-state index in [-0.39, 0.29) is 33.8 Å². The number of nitrogens with zero attached hydrogens (tertiary/aromatic N) is 5. The fourth-order valence-corrected chi connectivity index (χ4v) is 5.94. The van der Waals surface area contributed by atoms with Gasteiger partial charge in [0.05, 0.1) is 0 Å². The molecule has 1 saturated heterocycles. The number of carboxylic acid groups (broad SMARTS) is 1. The molecule has 39 heavy (non-hydrogen) atoms. The van der Waals surface area contributed by atoms with Crippen molar-refractivity contribution in [1.29, 1.82) is 0 Å². The number of alkyl halides is 1. The molecular weight excluding hydrogens is 581 g/mol. The molecule has 4 heterocycles. The standard InChI is InChI=1S/C20H18FN7O8S3/c21-9-36-25-12(15-24-20(22)38-26-15)16(29)23-13-17(30)28-14(19(31)32)10(8-37-18(13)28)3-1-5-27-6-2-4-11(7-27)39(33,34)35/h1-4,6-7,13,18H,5,8-9H2,(H4-,22,23,24,26,29,31,32,33,34,35)/p+1/b3-1+,25-12-/t13-,18-/m1/s1. The highest BCUT2D eigenvalue weighted by Gasteiger charge is 2.54. The molecule has 2 aliphatic rings. The molecule has 0 saturated carbocycles. The van der Waals surface area contributed by atoms with E-state index in [4.69, 9.17) is 5.73 Å². The summed E-state index contributed by atoms with van der Waals surface area (Å²) in [5.74, 6) is -3.07. The maximum atomic E-state index is 12.9. The first-order chi connectivity index (χ1) is 18.5. The summed E-state index contributed by atoms with van der Waals surface area (Å²) in [4.78, 5) is 46.6. The maximum absolute atomic E-state index is 12.9. The number of carbonyl (C=O) groups excluding carboxylic acids is 2. The third-order valence-electron chi connectivity index (χ3n) is 5.32. The molecule has 0 unspecified atom stereocenters. The molecular formula is C20H19FN7O8S3+. The monoisotopic (exact) mass is 600 g/mol. The third kappa shape index (κ3) is 6.05. The van der Waals surface area contributed by atoms with Gasteiger partial charge in [-0.15, -0.1) is 11.8 Å². The molecule has 15 nitrogen and oxygen atoms in total. The lowest BCUT2D eigenvalue weighted by molar-refractivity contribution is -0.688. The number of hydrogen-bond donors (Lipinski definition) is 4. The zero-order chi connectivity index (χ0) is 28.3. The van der Waals surface area contributed by atoms with Crippen LogP contribution in [0.2, 0.25) is 0 Å². The maximum Gasteiger partial charge on any atom is 0.352 e. The summed E-state index contributed by atoms with van der Waals surface area (Å²) in [6, 6.07) is 1.52. The Morgan fingerprint density at radius 2 is 2.21 bits per heavy atom. The van der Waals surface area contributed by atoms with E-state index in [2.05, 4.69) is 24.7 Å². The number of nitrogens with one attached hydrogen (secondary N) is 1. The Morgan fingerprint density at radius 3 is 2.85 bits per heavy atom. The van der Waals surface area contributed by atoms with E-state index in [0.717, 1.165) is 16.4 Å². The van der Waals surface area contributed by atoms with Crippen LogP contribution in [0.4, 0.5) is 9.52 Å². The SMILES string of the molecule is Nc1nc(/C(=N/OCF)C(=O)N[C@@H]2C(=O)N3C(C(=O)O)=C(/C=C/C[n+]4cccc(S(=O)(=O)O)c4)CS[C@H]23)ns1. The van der Waals surface area contributed by atoms with Crippen LogP contribution in [0.3, 0.4) is 0 Å². The third-order valence-corrected chi connectivity index (χ3v) is 8.01. The van der Waals surface area contributed by atoms with Crippen LogP contribution >= 0.6 is 23.3 Å². The largest absolute Gasteiger partial charge is 0.477 e. The van der Waals surface area contributed by atoms with Gasteiger partial charge in [0.2, 0.25) is 11.5 Å². The van der Waals surface area contributed by atoms with E-state index in [0.29, 0.717) is 5.57 Å². The van der Waals surface area contributed by atoms with Gasteiger partial charge in [0.15, 0.2) is 29.0 Å². The summed E-state index contributed by atoms with van der Waals surface area (Å²) in [6.07, 6.45) is 5.82. The van der Waals surface area contributed by atoms with Gasteiger partial charge in [-0.3, -0.25) is 19.0 Å². The predicted octanol–water partition coefficient (Wildman–Crippen LogP) is -0.703. The number of aromatic nitrogens is 3. The molecule has 1 fully saturated rings. The van der Waals surface area contributed by atoms with E-state index in [9.17, 15) is 36.9 Å². The average molecular weight is 601 g/mol. The molecule has 2 amide bonds. The van der Waals surface area contributed by atoms with E-state index in [1.165, 1.54) is 40.7 Å². The van der Waals surface area contributed by atoms with E-state index < -0.39 is 51.9 Å². The molecule has 0 aliphatic carbocycles. The van der Waals surface area contributed by atoms with E-state index >= 15 is 0 Å². The topological polar surface area (TPSA) is 218 Å². The number of aliphatic carboxylic acids is 1. The van der Waals surface area contributed by atoms with Crippen LogP contribution in [-0.2, 0) is 35.9 Å². The first-order valence-corrected chi connectivity index (χ1v) is 14.0. The predicted molar refractivity (Wildman–Crippen MR) is 133 cm³/mol. The molecule has 19 heteroatoms. The fraction of sp³-hybridized carbons (Fsp3) is 0.250. The summed E-state index contributed by atoms with van der Waals surface area (Å²) < 4.78 is 49.6. The van der Waals surface area contributed by atoms with Crippen LogP contribution in [0.1, 0.15) is 5.82 Å². The van der Waals surface area contributed by atoms with Gasteiger partial charge in [0, 0.05) is 23.4 Å². The molecule has 2 aliphatic heterocycles. The number of pyridine rings is 1. The van der Waals surface area contributed by atoms with Crippen molar-refractivity contribution in [2.24, 2.45) is 5.16 Å². The Balaban J connectivity index is 1.49. The second-order valence-corrected chi connectivity index (χ2v) is 11.1. The zero-order valence-electron chi connectivity index (χ0n) is 19.5. The van der Waals surface area contributed by atoms with E-state index in [1.807, 2.05) is 0 Å². The van der Waals surface area contributed by atoms with Gasteiger partial charge >= 0.3 is 5.97 Å². The van der Waals surface area contributed by atoms with Gasteiger partial charge in [-0.2, -0.15) is 17.8 Å². The average Bonchev–Trinajstić information content (AvgIpc) is 3.32. The molecule has 0 spiro atoms. The van der Waals surface area contributed by atoms with Crippen LogP contribution in [0.15, 0.2) is 58.0 Å². The van der Waals surface area contributed by atoms with Crippen LogP contribution in [0, 0.1) is 0 Å². The molecule has 206 valence electrons. The number of thioether (sulfide) groups is 1. The van der Waals surface area contributed by atoms with E-state index in [1.54, 1.807) is 12.3 Å². The zero-order valence-corrected chi connectivity index (χ0v) is 21.9. The highest BCUT2D eigenvalue weighted by atomic mass is 32.2. The van der Waals surface area contributed by atoms with Crippen molar-refractivity contribution in [2.75, 3.05) is 18.3 Å². The molecule has 5 N–H and O–H groups in total. The number of oxime groups is 1. The summed E-state index contributed by atoms with van der Waals surface area (Å²) in [5.41, 5.74) is 5.05. The number of anilines is 1. The van der Waals surface area contributed by atoms with Crippen molar-refractivity contribution in [1.82, 2.24) is 19.6 Å². The smallest absolute Gasteiger partial charge is 0.352 e. The second-order valence-electron chi connectivity index (χ2n) is 7.79. The van der Waals surface area contributed by atoms with Crippen molar-refractivity contribution < 1.29 is 46.3 Å². The molecule has 4 rings (SSSR count). The number of allylic oxidation sites excluding steroid dienone is 2. The summed E-state index contributed by atoms with van der Waals surface area (Å²) in [6.45, 7) is -1.20. The second kappa shape index (κ2) is 11.4. The van der Waals surface area contributed by atoms with Crippen LogP contribution in [0.5, 0.6) is 0 Å². The number of nitrogen functional groups attached to an aromatic ring is 1. The van der Waals surface area contributed by atoms with Crippen molar-refractivity contribution in [3.8, 4) is 0 Å². The lowest BCUT2D eigenvalue weighted by Crippen LogP contribution is -2.71. The fourth-order valence-electron chi connectivity index (χ4n) is 3.67. The van der Waals surface area contributed by atoms with Crippen molar-refractivity contribution in [2.45, 2.75) is 22.9 Å². The van der Waals surface area contributed by atoms with Gasteiger partial charge in [-0.1, -0.05) is 11.2 Å². The number of amides is 2. The number of carboxylic acids is 1. The first-order valence-electron chi connectivity index (χ1n) is 10.7. The number of rotatable bonds is 10. The molecule has 0 bridgehead atoms. The molecule has 2 aromatic heterocycles. The van der Waals surface area contributed by atoms with Crippen LogP contribution in [-0.4, -0.2) is 79.9 Å². The van der Waals surface area contributed by atoms with Gasteiger partial charge in [0.25, 0.3) is 28.8 Å². The lowest BCUT2D eigenvalue weighted by Gasteiger charge is -2.49. The first kappa shape index (κ1) is 28.1. The Bertz CT molecular complexity index is 1520. The van der Waals surface area contributed by atoms with Gasteiger partial charge < -0.3 is 21.0 Å². The Kier molecular flexibility index (Phi) is 8.23.